The van der Waals surface area contributed by atoms with E-state index in [-0.39, 0.29) is 5.88 Å². The minimum atomic E-state index is -0.959. The van der Waals surface area contributed by atoms with E-state index in [1.807, 2.05) is 61.5 Å². The van der Waals surface area contributed by atoms with Crippen molar-refractivity contribution in [2.75, 3.05) is 17.9 Å². The lowest BCUT2D eigenvalue weighted by atomic mass is 9.85. The molecule has 0 aliphatic carbocycles. The van der Waals surface area contributed by atoms with Crippen LogP contribution in [0.1, 0.15) is 24.2 Å². The number of amides is 1. The Morgan fingerprint density at radius 2 is 1.76 bits per heavy atom. The SMILES string of the molecule is COC(=O)N1c2ccccc2[C@@H](OC(=O)CCl)[C@]1(C)c1ccccc1. The lowest BCUT2D eigenvalue weighted by Crippen LogP contribution is -2.48. The molecule has 0 bridgehead atoms. The highest BCUT2D eigenvalue weighted by Crippen LogP contribution is 2.53. The van der Waals surface area contributed by atoms with Crippen LogP contribution in [0.3, 0.4) is 0 Å². The summed E-state index contributed by atoms with van der Waals surface area (Å²) >= 11 is 5.64. The number of benzene rings is 2. The molecule has 0 N–H and O–H groups in total. The number of carbonyl (C=O) groups is 2. The summed E-state index contributed by atoms with van der Waals surface area (Å²) in [6.07, 6.45) is -1.22. The van der Waals surface area contributed by atoms with Gasteiger partial charge in [0.2, 0.25) is 0 Å². The average molecular weight is 360 g/mol. The van der Waals surface area contributed by atoms with Gasteiger partial charge in [0.1, 0.15) is 11.4 Å². The first-order valence-electron chi connectivity index (χ1n) is 7.82. The molecule has 130 valence electrons. The van der Waals surface area contributed by atoms with Crippen molar-refractivity contribution in [3.8, 4) is 0 Å². The number of hydrogen-bond acceptors (Lipinski definition) is 4. The van der Waals surface area contributed by atoms with Crippen molar-refractivity contribution in [1.82, 2.24) is 0 Å². The minimum Gasteiger partial charge on any atom is -0.454 e. The molecule has 0 saturated heterocycles. The van der Waals surface area contributed by atoms with Crippen molar-refractivity contribution in [3.05, 3.63) is 65.7 Å². The van der Waals surface area contributed by atoms with Gasteiger partial charge in [-0.25, -0.2) is 4.79 Å². The summed E-state index contributed by atoms with van der Waals surface area (Å²) < 4.78 is 10.7. The third-order valence-electron chi connectivity index (χ3n) is 4.51. The zero-order valence-corrected chi connectivity index (χ0v) is 14.7. The molecule has 0 radical (unpaired) electrons. The molecule has 2 atom stereocenters. The minimum absolute atomic E-state index is 0.262. The van der Waals surface area contributed by atoms with Crippen molar-refractivity contribution in [1.29, 1.82) is 0 Å². The average Bonchev–Trinajstić information content (AvgIpc) is 2.91. The van der Waals surface area contributed by atoms with Crippen molar-refractivity contribution in [3.63, 3.8) is 0 Å². The summed E-state index contributed by atoms with van der Waals surface area (Å²) in [5, 5.41) is 0. The molecule has 2 aromatic carbocycles. The molecule has 1 amide bonds. The van der Waals surface area contributed by atoms with E-state index in [2.05, 4.69) is 0 Å². The lowest BCUT2D eigenvalue weighted by molar-refractivity contribution is -0.149. The number of nitrogens with zero attached hydrogens (tertiary/aromatic N) is 1. The fourth-order valence-electron chi connectivity index (χ4n) is 3.36. The summed E-state index contributed by atoms with van der Waals surface area (Å²) in [5.74, 6) is -0.808. The van der Waals surface area contributed by atoms with Crippen LogP contribution >= 0.6 is 11.6 Å². The van der Waals surface area contributed by atoms with E-state index < -0.39 is 23.7 Å². The second-order valence-electron chi connectivity index (χ2n) is 5.88. The van der Waals surface area contributed by atoms with E-state index in [0.29, 0.717) is 5.69 Å². The van der Waals surface area contributed by atoms with Crippen LogP contribution in [0, 0.1) is 0 Å². The molecule has 0 spiro atoms. The van der Waals surface area contributed by atoms with Crippen molar-refractivity contribution >= 4 is 29.4 Å². The number of rotatable bonds is 3. The summed E-state index contributed by atoms with van der Waals surface area (Å²) in [6, 6.07) is 16.7. The molecule has 25 heavy (non-hydrogen) atoms. The summed E-state index contributed by atoms with van der Waals surface area (Å²) in [4.78, 5) is 26.1. The van der Waals surface area contributed by atoms with Crippen LogP contribution in [0.5, 0.6) is 0 Å². The van der Waals surface area contributed by atoms with Gasteiger partial charge in [-0.3, -0.25) is 9.69 Å². The van der Waals surface area contributed by atoms with Crippen molar-refractivity contribution in [2.24, 2.45) is 0 Å². The van der Waals surface area contributed by atoms with Gasteiger partial charge in [-0.05, 0) is 18.6 Å². The summed E-state index contributed by atoms with van der Waals surface area (Å²) in [6.45, 7) is 1.85. The van der Waals surface area contributed by atoms with E-state index in [4.69, 9.17) is 21.1 Å². The number of anilines is 1. The molecule has 0 fully saturated rings. The second kappa shape index (κ2) is 6.76. The van der Waals surface area contributed by atoms with Crippen LogP contribution in [-0.4, -0.2) is 25.1 Å². The van der Waals surface area contributed by atoms with Gasteiger partial charge in [0.15, 0.2) is 6.10 Å². The Morgan fingerprint density at radius 3 is 2.40 bits per heavy atom. The molecule has 1 aliphatic rings. The Kier molecular flexibility index (Phi) is 4.68. The maximum atomic E-state index is 12.6. The monoisotopic (exact) mass is 359 g/mol. The Hall–Kier alpha value is -2.53. The molecule has 6 heteroatoms. The third-order valence-corrected chi connectivity index (χ3v) is 4.73. The zero-order valence-electron chi connectivity index (χ0n) is 13.9. The fraction of sp³-hybridized carbons (Fsp3) is 0.263. The molecule has 1 aliphatic heterocycles. The van der Waals surface area contributed by atoms with Crippen LogP contribution in [-0.2, 0) is 19.8 Å². The normalized spacial score (nSPS) is 21.6. The van der Waals surface area contributed by atoms with Gasteiger partial charge in [-0.2, -0.15) is 0 Å². The number of esters is 1. The Morgan fingerprint density at radius 1 is 1.12 bits per heavy atom. The predicted molar refractivity (Wildman–Crippen MR) is 94.7 cm³/mol. The van der Waals surface area contributed by atoms with Gasteiger partial charge < -0.3 is 9.47 Å². The number of carbonyl (C=O) groups excluding carboxylic acids is 2. The molecule has 0 aromatic heterocycles. The van der Waals surface area contributed by atoms with Gasteiger partial charge in [-0.1, -0.05) is 48.5 Å². The maximum absolute atomic E-state index is 12.6. The predicted octanol–water partition coefficient (Wildman–Crippen LogP) is 4.01. The number of halogens is 1. The topological polar surface area (TPSA) is 55.8 Å². The molecular weight excluding hydrogens is 342 g/mol. The van der Waals surface area contributed by atoms with E-state index >= 15 is 0 Å². The molecule has 2 aromatic rings. The molecular formula is C19H18ClNO4. The number of ether oxygens (including phenoxy) is 2. The highest BCUT2D eigenvalue weighted by molar-refractivity contribution is 6.26. The smallest absolute Gasteiger partial charge is 0.414 e. The van der Waals surface area contributed by atoms with Gasteiger partial charge in [0.05, 0.1) is 12.8 Å². The van der Waals surface area contributed by atoms with Gasteiger partial charge in [-0.15, -0.1) is 11.6 Å². The van der Waals surface area contributed by atoms with Crippen LogP contribution < -0.4 is 4.90 Å². The fourth-order valence-corrected chi connectivity index (χ4v) is 3.42. The van der Waals surface area contributed by atoms with E-state index in [1.54, 1.807) is 0 Å². The van der Waals surface area contributed by atoms with Gasteiger partial charge >= 0.3 is 12.1 Å². The number of para-hydroxylation sites is 1. The van der Waals surface area contributed by atoms with Gasteiger partial charge in [0, 0.05) is 5.56 Å². The van der Waals surface area contributed by atoms with E-state index in [0.717, 1.165) is 11.1 Å². The highest BCUT2D eigenvalue weighted by atomic mass is 35.5. The van der Waals surface area contributed by atoms with Crippen LogP contribution in [0.4, 0.5) is 10.5 Å². The quantitative estimate of drug-likeness (QED) is 0.613. The maximum Gasteiger partial charge on any atom is 0.414 e. The Bertz CT molecular complexity index is 795. The molecule has 0 saturated carbocycles. The summed E-state index contributed by atoms with van der Waals surface area (Å²) in [7, 11) is 1.33. The first-order valence-corrected chi connectivity index (χ1v) is 8.35. The van der Waals surface area contributed by atoms with Crippen LogP contribution in [0.15, 0.2) is 54.6 Å². The molecule has 1 heterocycles. The standard InChI is InChI=1S/C19H18ClNO4/c1-19(13-8-4-3-5-9-13)17(25-16(22)12-20)14-10-6-7-11-15(14)21(19)18(23)24-2/h3-11,17H,12H2,1-2H3/t17-,19+/m1/s1. The van der Waals surface area contributed by atoms with Crippen LogP contribution in [0.2, 0.25) is 0 Å². The second-order valence-corrected chi connectivity index (χ2v) is 6.15. The Balaban J connectivity index is 2.23. The van der Waals surface area contributed by atoms with Gasteiger partial charge in [0.25, 0.3) is 0 Å². The molecule has 5 nitrogen and oxygen atoms in total. The third kappa shape index (κ3) is 2.74. The summed E-state index contributed by atoms with van der Waals surface area (Å²) in [5.41, 5.74) is 1.24. The molecule has 0 unspecified atom stereocenters. The largest absolute Gasteiger partial charge is 0.454 e. The first-order chi connectivity index (χ1) is 12.0. The molecule has 3 rings (SSSR count). The van der Waals surface area contributed by atoms with E-state index in [9.17, 15) is 9.59 Å². The lowest BCUT2D eigenvalue weighted by Gasteiger charge is -2.38. The first kappa shape index (κ1) is 17.3. The van der Waals surface area contributed by atoms with Crippen LogP contribution in [0.25, 0.3) is 0 Å². The highest BCUT2D eigenvalue weighted by Gasteiger charge is 2.54. The van der Waals surface area contributed by atoms with Crippen molar-refractivity contribution < 1.29 is 19.1 Å². The Labute approximate surface area is 151 Å². The number of alkyl halides is 1. The van der Waals surface area contributed by atoms with Crippen molar-refractivity contribution in [2.45, 2.75) is 18.6 Å². The van der Waals surface area contributed by atoms with E-state index in [1.165, 1.54) is 12.0 Å². The number of hydrogen-bond donors (Lipinski definition) is 0. The number of methoxy groups -OCH3 is 1. The number of fused-ring (bicyclic) bond motifs is 1. The zero-order chi connectivity index (χ0) is 18.0.